The Balaban J connectivity index is 0.00000242. The Morgan fingerprint density at radius 1 is 1.36 bits per heavy atom. The summed E-state index contributed by atoms with van der Waals surface area (Å²) >= 11 is 0. The summed E-state index contributed by atoms with van der Waals surface area (Å²) in [4.78, 5) is 12.0. The molecule has 2 saturated heterocycles. The van der Waals surface area contributed by atoms with E-state index in [0.29, 0.717) is 12.5 Å². The van der Waals surface area contributed by atoms with Crippen molar-refractivity contribution < 1.29 is 14.3 Å². The molecule has 0 spiro atoms. The molecule has 0 aromatic carbocycles. The Morgan fingerprint density at radius 3 is 2.91 bits per heavy atom. The molecule has 2 aliphatic rings. The molecule has 5 nitrogen and oxygen atoms in total. The van der Waals surface area contributed by atoms with Gasteiger partial charge in [0.1, 0.15) is 6.10 Å². The number of nitrogens with one attached hydrogen (secondary N) is 2. The first kappa shape index (κ1) is 19.7. The molecule has 3 unspecified atom stereocenters. The van der Waals surface area contributed by atoms with Crippen molar-refractivity contribution in [3.8, 4) is 0 Å². The smallest absolute Gasteiger partial charge is 0.248 e. The van der Waals surface area contributed by atoms with Gasteiger partial charge in [-0.25, -0.2) is 0 Å². The lowest BCUT2D eigenvalue weighted by Crippen LogP contribution is -2.38. The Bertz CT molecular complexity index is 306. The number of rotatable bonds is 7. The summed E-state index contributed by atoms with van der Waals surface area (Å²) in [5.74, 6) is 0.695. The van der Waals surface area contributed by atoms with Gasteiger partial charge in [0, 0.05) is 13.2 Å². The van der Waals surface area contributed by atoms with Crippen LogP contribution in [0.4, 0.5) is 0 Å². The number of hydrogen-bond acceptors (Lipinski definition) is 4. The Morgan fingerprint density at radius 2 is 2.23 bits per heavy atom. The minimum Gasteiger partial charge on any atom is -0.376 e. The van der Waals surface area contributed by atoms with E-state index in [0.717, 1.165) is 45.5 Å². The third-order valence-electron chi connectivity index (χ3n) is 4.43. The topological polar surface area (TPSA) is 59.6 Å². The van der Waals surface area contributed by atoms with Gasteiger partial charge in [0.15, 0.2) is 0 Å². The maximum Gasteiger partial charge on any atom is 0.248 e. The summed E-state index contributed by atoms with van der Waals surface area (Å²) in [6.07, 6.45) is 6.74. The highest BCUT2D eigenvalue weighted by Gasteiger charge is 2.19. The van der Waals surface area contributed by atoms with Crippen molar-refractivity contribution in [2.45, 2.75) is 57.7 Å². The summed E-state index contributed by atoms with van der Waals surface area (Å²) < 4.78 is 11.2. The molecule has 1 amide bonds. The highest BCUT2D eigenvalue weighted by atomic mass is 35.5. The van der Waals surface area contributed by atoms with Gasteiger partial charge in [-0.05, 0) is 64.5 Å². The maximum atomic E-state index is 12.0. The zero-order valence-corrected chi connectivity index (χ0v) is 14.5. The second kappa shape index (κ2) is 11.2. The van der Waals surface area contributed by atoms with Crippen molar-refractivity contribution in [1.29, 1.82) is 0 Å². The van der Waals surface area contributed by atoms with E-state index in [4.69, 9.17) is 9.47 Å². The predicted molar refractivity (Wildman–Crippen MR) is 89.5 cm³/mol. The van der Waals surface area contributed by atoms with E-state index in [2.05, 4.69) is 10.6 Å². The first-order chi connectivity index (χ1) is 10.3. The van der Waals surface area contributed by atoms with Gasteiger partial charge in [-0.2, -0.15) is 0 Å². The molecule has 0 bridgehead atoms. The lowest BCUT2D eigenvalue weighted by atomic mass is 9.96. The SMILES string of the molecule is CC(OCC1CCCCO1)C(=O)NCCC1CCCNC1.Cl. The summed E-state index contributed by atoms with van der Waals surface area (Å²) in [5.41, 5.74) is 0. The van der Waals surface area contributed by atoms with E-state index in [1.54, 1.807) is 0 Å². The molecule has 2 N–H and O–H groups in total. The molecular formula is C16H31ClN2O3. The van der Waals surface area contributed by atoms with Crippen molar-refractivity contribution in [3.05, 3.63) is 0 Å². The highest BCUT2D eigenvalue weighted by molar-refractivity contribution is 5.85. The lowest BCUT2D eigenvalue weighted by molar-refractivity contribution is -0.135. The number of piperidine rings is 1. The van der Waals surface area contributed by atoms with Crippen LogP contribution >= 0.6 is 12.4 Å². The van der Waals surface area contributed by atoms with Crippen molar-refractivity contribution in [2.24, 2.45) is 5.92 Å². The van der Waals surface area contributed by atoms with Gasteiger partial charge in [0.25, 0.3) is 0 Å². The summed E-state index contributed by atoms with van der Waals surface area (Å²) in [7, 11) is 0. The predicted octanol–water partition coefficient (Wildman–Crippen LogP) is 1.89. The average Bonchev–Trinajstić information content (AvgIpc) is 2.54. The zero-order valence-electron chi connectivity index (χ0n) is 13.6. The van der Waals surface area contributed by atoms with Crippen LogP contribution in [0.5, 0.6) is 0 Å². The van der Waals surface area contributed by atoms with Gasteiger partial charge in [-0.1, -0.05) is 0 Å². The van der Waals surface area contributed by atoms with Crippen molar-refractivity contribution >= 4 is 18.3 Å². The van der Waals surface area contributed by atoms with Crippen LogP contribution < -0.4 is 10.6 Å². The molecule has 2 aliphatic heterocycles. The minimum atomic E-state index is -0.389. The Labute approximate surface area is 140 Å². The molecule has 2 heterocycles. The van der Waals surface area contributed by atoms with Crippen molar-refractivity contribution in [1.82, 2.24) is 10.6 Å². The average molecular weight is 335 g/mol. The Hall–Kier alpha value is -0.360. The largest absolute Gasteiger partial charge is 0.376 e. The van der Waals surface area contributed by atoms with Crippen molar-refractivity contribution in [3.63, 3.8) is 0 Å². The molecule has 0 saturated carbocycles. The molecule has 3 atom stereocenters. The first-order valence-corrected chi connectivity index (χ1v) is 8.47. The number of amides is 1. The van der Waals surface area contributed by atoms with E-state index in [1.165, 1.54) is 19.3 Å². The van der Waals surface area contributed by atoms with E-state index in [9.17, 15) is 4.79 Å². The number of halogens is 1. The Kier molecular flexibility index (Phi) is 10.0. The monoisotopic (exact) mass is 334 g/mol. The molecule has 2 fully saturated rings. The van der Waals surface area contributed by atoms with E-state index >= 15 is 0 Å². The van der Waals surface area contributed by atoms with E-state index in [1.807, 2.05) is 6.92 Å². The van der Waals surface area contributed by atoms with Crippen LogP contribution in [0, 0.1) is 5.92 Å². The van der Waals surface area contributed by atoms with Gasteiger partial charge >= 0.3 is 0 Å². The van der Waals surface area contributed by atoms with Gasteiger partial charge in [-0.3, -0.25) is 4.79 Å². The standard InChI is InChI=1S/C16H30N2O3.ClH/c1-13(21-12-15-6-2-3-10-20-15)16(19)18-9-7-14-5-4-8-17-11-14;/h13-15,17H,2-12H2,1H3,(H,18,19);1H. The fourth-order valence-electron chi connectivity index (χ4n) is 2.98. The second-order valence-electron chi connectivity index (χ2n) is 6.26. The van der Waals surface area contributed by atoms with Crippen LogP contribution in [0.1, 0.15) is 45.4 Å². The van der Waals surface area contributed by atoms with Gasteiger partial charge < -0.3 is 20.1 Å². The summed E-state index contributed by atoms with van der Waals surface area (Å²) in [6, 6.07) is 0. The third-order valence-corrected chi connectivity index (χ3v) is 4.43. The molecule has 2 rings (SSSR count). The normalized spacial score (nSPS) is 26.8. The molecule has 0 aromatic rings. The molecule has 130 valence electrons. The van der Waals surface area contributed by atoms with Gasteiger partial charge in [-0.15, -0.1) is 12.4 Å². The fourth-order valence-corrected chi connectivity index (χ4v) is 2.98. The quantitative estimate of drug-likeness (QED) is 0.746. The van der Waals surface area contributed by atoms with E-state index in [-0.39, 0.29) is 30.5 Å². The van der Waals surface area contributed by atoms with Crippen LogP contribution in [0.15, 0.2) is 0 Å². The molecule has 6 heteroatoms. The molecular weight excluding hydrogens is 304 g/mol. The van der Waals surface area contributed by atoms with Crippen LogP contribution in [0.25, 0.3) is 0 Å². The lowest BCUT2D eigenvalue weighted by Gasteiger charge is -2.24. The van der Waals surface area contributed by atoms with Crippen LogP contribution in [-0.4, -0.2) is 51.0 Å². The number of carbonyl (C=O) groups is 1. The highest BCUT2D eigenvalue weighted by Crippen LogP contribution is 2.14. The summed E-state index contributed by atoms with van der Waals surface area (Å²) in [5, 5.41) is 6.39. The van der Waals surface area contributed by atoms with Gasteiger partial charge in [0.05, 0.1) is 12.7 Å². The van der Waals surface area contributed by atoms with Gasteiger partial charge in [0.2, 0.25) is 5.91 Å². The molecule has 22 heavy (non-hydrogen) atoms. The molecule has 0 radical (unpaired) electrons. The van der Waals surface area contributed by atoms with Crippen LogP contribution in [-0.2, 0) is 14.3 Å². The summed E-state index contributed by atoms with van der Waals surface area (Å²) in [6.45, 7) is 6.14. The zero-order chi connectivity index (χ0) is 14.9. The fraction of sp³-hybridized carbons (Fsp3) is 0.938. The van der Waals surface area contributed by atoms with Crippen LogP contribution in [0.3, 0.4) is 0 Å². The second-order valence-corrected chi connectivity index (χ2v) is 6.26. The van der Waals surface area contributed by atoms with E-state index < -0.39 is 0 Å². The number of carbonyl (C=O) groups excluding carboxylic acids is 1. The van der Waals surface area contributed by atoms with Crippen molar-refractivity contribution in [2.75, 3.05) is 32.8 Å². The number of hydrogen-bond donors (Lipinski definition) is 2. The minimum absolute atomic E-state index is 0. The third kappa shape index (κ3) is 7.27. The number of ether oxygens (including phenoxy) is 2. The van der Waals surface area contributed by atoms with Crippen LogP contribution in [0.2, 0.25) is 0 Å². The maximum absolute atomic E-state index is 12.0. The first-order valence-electron chi connectivity index (χ1n) is 8.47. The molecule has 0 aromatic heterocycles. The molecule has 0 aliphatic carbocycles.